The molecule has 3 amide bonds. The quantitative estimate of drug-likeness (QED) is 0.490. The molecule has 0 saturated carbocycles. The van der Waals surface area contributed by atoms with E-state index in [1.807, 2.05) is 6.92 Å². The summed E-state index contributed by atoms with van der Waals surface area (Å²) in [6.07, 6.45) is 4.31. The molecule has 3 fully saturated rings. The molecule has 8 heteroatoms. The number of hydrogen-bond acceptors (Lipinski definition) is 5. The van der Waals surface area contributed by atoms with Crippen LogP contribution in [0.3, 0.4) is 0 Å². The lowest BCUT2D eigenvalue weighted by Gasteiger charge is -2.36. The highest BCUT2D eigenvalue weighted by Crippen LogP contribution is 2.66. The fraction of sp³-hybridized carbons (Fsp3) is 0.850. The summed E-state index contributed by atoms with van der Waals surface area (Å²) < 4.78 is -0.560. The molecule has 6 atom stereocenters. The predicted molar refractivity (Wildman–Crippen MR) is 109 cm³/mol. The summed E-state index contributed by atoms with van der Waals surface area (Å²) in [4.78, 5) is 41.1. The summed E-state index contributed by atoms with van der Waals surface area (Å²) in [6, 6.07) is -1.07. The van der Waals surface area contributed by atoms with E-state index in [1.165, 1.54) is 0 Å². The van der Waals surface area contributed by atoms with Crippen LogP contribution >= 0.6 is 11.8 Å². The first-order chi connectivity index (χ1) is 13.4. The Morgan fingerprint density at radius 3 is 2.61 bits per heavy atom. The van der Waals surface area contributed by atoms with Crippen molar-refractivity contribution >= 4 is 29.5 Å². The molecule has 3 aliphatic rings. The number of thioether (sulfide) groups is 1. The molecule has 0 aromatic heterocycles. The second kappa shape index (κ2) is 8.61. The van der Waals surface area contributed by atoms with Gasteiger partial charge in [-0.3, -0.25) is 14.4 Å². The van der Waals surface area contributed by atoms with Gasteiger partial charge in [-0.05, 0) is 32.6 Å². The van der Waals surface area contributed by atoms with Crippen LogP contribution in [0.2, 0.25) is 0 Å². The minimum absolute atomic E-state index is 0.0667. The minimum atomic E-state index is -0.622. The van der Waals surface area contributed by atoms with E-state index >= 15 is 0 Å². The Morgan fingerprint density at radius 2 is 1.96 bits per heavy atom. The monoisotopic (exact) mass is 411 g/mol. The number of fused-ring (bicyclic) bond motifs is 1. The molecule has 158 valence electrons. The number of carbonyl (C=O) groups excluding carboxylic acids is 3. The summed E-state index contributed by atoms with van der Waals surface area (Å²) >= 11 is 1.66. The number of aliphatic hydroxyl groups excluding tert-OH is 1. The molecule has 2 bridgehead atoms. The molecule has 3 aliphatic heterocycles. The number of nitrogens with one attached hydrogen (secondary N) is 2. The van der Waals surface area contributed by atoms with E-state index in [0.717, 1.165) is 32.1 Å². The van der Waals surface area contributed by atoms with Gasteiger partial charge < -0.3 is 20.6 Å². The van der Waals surface area contributed by atoms with Crippen molar-refractivity contribution < 1.29 is 19.5 Å². The Kier molecular flexibility index (Phi) is 6.59. The second-order valence-electron chi connectivity index (χ2n) is 8.27. The van der Waals surface area contributed by atoms with E-state index in [0.29, 0.717) is 13.1 Å². The van der Waals surface area contributed by atoms with Crippen molar-refractivity contribution in [2.75, 3.05) is 19.7 Å². The predicted octanol–water partition coefficient (Wildman–Crippen LogP) is 0.901. The fourth-order valence-electron chi connectivity index (χ4n) is 5.10. The van der Waals surface area contributed by atoms with Crippen LogP contribution in [0, 0.1) is 11.8 Å². The Labute approximate surface area is 171 Å². The number of aliphatic hydroxyl groups is 1. The number of nitrogens with zero attached hydrogens (tertiary/aromatic N) is 1. The van der Waals surface area contributed by atoms with Gasteiger partial charge in [0, 0.05) is 18.3 Å². The lowest BCUT2D eigenvalue weighted by molar-refractivity contribution is -0.142. The van der Waals surface area contributed by atoms with Crippen LogP contribution in [-0.2, 0) is 14.4 Å². The van der Waals surface area contributed by atoms with Crippen LogP contribution < -0.4 is 10.6 Å². The van der Waals surface area contributed by atoms with E-state index in [9.17, 15) is 19.5 Å². The Hall–Kier alpha value is -1.28. The number of carbonyl (C=O) groups is 3. The van der Waals surface area contributed by atoms with Gasteiger partial charge in [0.05, 0.1) is 29.2 Å². The third kappa shape index (κ3) is 3.32. The zero-order valence-corrected chi connectivity index (χ0v) is 17.9. The molecule has 7 nitrogen and oxygen atoms in total. The molecule has 0 aromatic carbocycles. The van der Waals surface area contributed by atoms with Crippen molar-refractivity contribution in [2.24, 2.45) is 11.8 Å². The zero-order valence-electron chi connectivity index (χ0n) is 17.1. The van der Waals surface area contributed by atoms with Crippen LogP contribution in [0.25, 0.3) is 0 Å². The van der Waals surface area contributed by atoms with Crippen LogP contribution in [0.5, 0.6) is 0 Å². The molecule has 0 aliphatic carbocycles. The molecular weight excluding hydrogens is 378 g/mol. The van der Waals surface area contributed by atoms with Gasteiger partial charge in [0.1, 0.15) is 6.04 Å². The topological polar surface area (TPSA) is 98.7 Å². The number of hydrogen-bond donors (Lipinski definition) is 3. The Balaban J connectivity index is 1.92. The van der Waals surface area contributed by atoms with Gasteiger partial charge in [-0.1, -0.05) is 20.3 Å². The number of amides is 3. The average molecular weight is 412 g/mol. The van der Waals surface area contributed by atoms with E-state index in [2.05, 4.69) is 17.6 Å². The largest absolute Gasteiger partial charge is 0.394 e. The summed E-state index contributed by atoms with van der Waals surface area (Å²) in [5, 5.41) is 15.8. The van der Waals surface area contributed by atoms with Crippen molar-refractivity contribution in [2.45, 2.75) is 75.0 Å². The standard InChI is InChI=1S/C20H33N3O4S/c1-4-6-10-22-18(26)16-20-8-7-13(28-20)14(17(25)21-9-5-2)15(20)19(27)23(16)12(3)11-24/h12-16,24H,4-11H2,1-3H3,(H,21,25)(H,22,26)/t12-,13-,14+,15+,16?,20?/m1/s1. The first-order valence-electron chi connectivity index (χ1n) is 10.6. The second-order valence-corrected chi connectivity index (χ2v) is 9.87. The molecule has 28 heavy (non-hydrogen) atoms. The summed E-state index contributed by atoms with van der Waals surface area (Å²) in [5.41, 5.74) is 0. The van der Waals surface area contributed by atoms with Gasteiger partial charge in [-0.25, -0.2) is 0 Å². The van der Waals surface area contributed by atoms with Crippen LogP contribution in [0.1, 0.15) is 52.9 Å². The minimum Gasteiger partial charge on any atom is -0.394 e. The number of rotatable bonds is 9. The van der Waals surface area contributed by atoms with Crippen molar-refractivity contribution in [3.63, 3.8) is 0 Å². The lowest BCUT2D eigenvalue weighted by atomic mass is 9.70. The van der Waals surface area contributed by atoms with E-state index in [4.69, 9.17) is 0 Å². The molecule has 3 heterocycles. The highest BCUT2D eigenvalue weighted by Gasteiger charge is 2.73. The highest BCUT2D eigenvalue weighted by molar-refractivity contribution is 8.02. The maximum absolute atomic E-state index is 13.4. The third-order valence-electron chi connectivity index (χ3n) is 6.41. The van der Waals surface area contributed by atoms with Gasteiger partial charge in [0.15, 0.2) is 0 Å². The Bertz CT molecular complexity index is 631. The van der Waals surface area contributed by atoms with Gasteiger partial charge >= 0.3 is 0 Å². The highest BCUT2D eigenvalue weighted by atomic mass is 32.2. The van der Waals surface area contributed by atoms with Crippen molar-refractivity contribution in [3.05, 3.63) is 0 Å². The lowest BCUT2D eigenvalue weighted by Crippen LogP contribution is -2.56. The van der Waals surface area contributed by atoms with Crippen molar-refractivity contribution in [1.29, 1.82) is 0 Å². The molecule has 3 saturated heterocycles. The maximum Gasteiger partial charge on any atom is 0.244 e. The zero-order chi connectivity index (χ0) is 20.5. The smallest absolute Gasteiger partial charge is 0.244 e. The van der Waals surface area contributed by atoms with Gasteiger partial charge in [0.2, 0.25) is 17.7 Å². The summed E-state index contributed by atoms with van der Waals surface area (Å²) in [7, 11) is 0. The summed E-state index contributed by atoms with van der Waals surface area (Å²) in [5.74, 6) is -1.23. The molecule has 0 aromatic rings. The Morgan fingerprint density at radius 1 is 1.25 bits per heavy atom. The van der Waals surface area contributed by atoms with E-state index < -0.39 is 22.7 Å². The normalized spacial score (nSPS) is 34.4. The molecule has 2 unspecified atom stereocenters. The first-order valence-corrected chi connectivity index (χ1v) is 11.5. The molecule has 0 radical (unpaired) electrons. The number of unbranched alkanes of at least 4 members (excludes halogenated alkanes) is 1. The van der Waals surface area contributed by atoms with Gasteiger partial charge in [-0.2, -0.15) is 0 Å². The molecule has 3 N–H and O–H groups in total. The van der Waals surface area contributed by atoms with Crippen LogP contribution in [-0.4, -0.2) is 69.5 Å². The molecule has 1 spiro atoms. The fourth-order valence-corrected chi connectivity index (χ4v) is 7.31. The van der Waals surface area contributed by atoms with Crippen LogP contribution in [0.4, 0.5) is 0 Å². The van der Waals surface area contributed by atoms with Crippen molar-refractivity contribution in [3.8, 4) is 0 Å². The van der Waals surface area contributed by atoms with Gasteiger partial charge in [0.25, 0.3) is 0 Å². The van der Waals surface area contributed by atoms with Crippen LogP contribution in [0.15, 0.2) is 0 Å². The maximum atomic E-state index is 13.4. The van der Waals surface area contributed by atoms with E-state index in [-0.39, 0.29) is 35.5 Å². The average Bonchev–Trinajstić information content (AvgIpc) is 3.32. The molecular formula is C20H33N3O4S. The van der Waals surface area contributed by atoms with Crippen molar-refractivity contribution in [1.82, 2.24) is 15.5 Å². The third-order valence-corrected chi connectivity index (χ3v) is 8.36. The van der Waals surface area contributed by atoms with Gasteiger partial charge in [-0.15, -0.1) is 11.8 Å². The molecule has 3 rings (SSSR count). The first kappa shape index (κ1) is 21.4. The SMILES string of the molecule is CCCCNC(=O)C1N([C@H](C)CO)C(=O)[C@@H]2[C@@H](C(=O)NCCC)[C@H]3CCC12S3. The summed E-state index contributed by atoms with van der Waals surface area (Å²) in [6.45, 7) is 6.81. The van der Waals surface area contributed by atoms with E-state index in [1.54, 1.807) is 23.6 Å². The number of likely N-dealkylation sites (tertiary alicyclic amines) is 1.